The van der Waals surface area contributed by atoms with Gasteiger partial charge in [-0.25, -0.2) is 0 Å². The van der Waals surface area contributed by atoms with Gasteiger partial charge in [0.05, 0.1) is 4.47 Å². The predicted octanol–water partition coefficient (Wildman–Crippen LogP) is 4.63. The van der Waals surface area contributed by atoms with Crippen LogP contribution < -0.4 is 19.5 Å². The molecule has 4 nitrogen and oxygen atoms in total. The van der Waals surface area contributed by atoms with Crippen LogP contribution in [0.25, 0.3) is 0 Å². The van der Waals surface area contributed by atoms with E-state index in [1.807, 2.05) is 19.1 Å². The van der Waals surface area contributed by atoms with Crippen LogP contribution in [0.3, 0.4) is 0 Å². The Hall–Kier alpha value is -1.86. The standard InChI is InChI=1S/C17H16BrF2NO3/c1-10(12-4-2-3-5-14(12)24-17(19)20)21-8-11-6-13(18)16-15(7-11)22-9-23-16/h2-7,10,17,21H,8-9H2,1H3. The molecular formula is C17H16BrF2NO3. The van der Waals surface area contributed by atoms with Crippen molar-refractivity contribution in [3.8, 4) is 17.2 Å². The van der Waals surface area contributed by atoms with Crippen molar-refractivity contribution < 1.29 is 23.0 Å². The van der Waals surface area contributed by atoms with E-state index in [4.69, 9.17) is 9.47 Å². The summed E-state index contributed by atoms with van der Waals surface area (Å²) in [5.41, 5.74) is 1.67. The molecule has 7 heteroatoms. The Kier molecular flexibility index (Phi) is 5.20. The smallest absolute Gasteiger partial charge is 0.387 e. The second kappa shape index (κ2) is 7.36. The van der Waals surface area contributed by atoms with Crippen LogP contribution in [-0.2, 0) is 6.54 Å². The highest BCUT2D eigenvalue weighted by atomic mass is 79.9. The number of ether oxygens (including phenoxy) is 3. The van der Waals surface area contributed by atoms with E-state index >= 15 is 0 Å². The Labute approximate surface area is 146 Å². The summed E-state index contributed by atoms with van der Waals surface area (Å²) < 4.78 is 41.2. The average molecular weight is 400 g/mol. The average Bonchev–Trinajstić information content (AvgIpc) is 3.01. The number of halogens is 3. The molecule has 1 atom stereocenters. The van der Waals surface area contributed by atoms with Crippen molar-refractivity contribution in [1.29, 1.82) is 0 Å². The molecule has 2 aromatic carbocycles. The Morgan fingerprint density at radius 2 is 2.04 bits per heavy atom. The van der Waals surface area contributed by atoms with Gasteiger partial charge in [-0.3, -0.25) is 0 Å². The van der Waals surface area contributed by atoms with E-state index < -0.39 is 6.61 Å². The molecular weight excluding hydrogens is 384 g/mol. The van der Waals surface area contributed by atoms with Gasteiger partial charge >= 0.3 is 6.61 Å². The summed E-state index contributed by atoms with van der Waals surface area (Å²) in [6, 6.07) is 10.4. The molecule has 0 aliphatic carbocycles. The fraction of sp³-hybridized carbons (Fsp3) is 0.294. The summed E-state index contributed by atoms with van der Waals surface area (Å²) >= 11 is 3.45. The molecule has 128 valence electrons. The molecule has 1 heterocycles. The Morgan fingerprint density at radius 1 is 1.25 bits per heavy atom. The minimum Gasteiger partial charge on any atom is -0.454 e. The number of benzene rings is 2. The molecule has 0 aromatic heterocycles. The fourth-order valence-electron chi connectivity index (χ4n) is 2.55. The number of rotatable bonds is 6. The van der Waals surface area contributed by atoms with Crippen LogP contribution in [0.2, 0.25) is 0 Å². The second-order valence-corrected chi connectivity index (χ2v) is 6.18. The molecule has 1 aliphatic heterocycles. The summed E-state index contributed by atoms with van der Waals surface area (Å²) in [5.74, 6) is 1.57. The fourth-order valence-corrected chi connectivity index (χ4v) is 3.15. The zero-order valence-corrected chi connectivity index (χ0v) is 14.5. The number of para-hydroxylation sites is 1. The summed E-state index contributed by atoms with van der Waals surface area (Å²) in [7, 11) is 0. The SMILES string of the molecule is CC(NCc1cc(Br)c2c(c1)OCO2)c1ccccc1OC(F)F. The Balaban J connectivity index is 1.70. The number of alkyl halides is 2. The normalized spacial score (nSPS) is 14.0. The van der Waals surface area contributed by atoms with Gasteiger partial charge in [0.25, 0.3) is 0 Å². The summed E-state index contributed by atoms with van der Waals surface area (Å²) in [6.45, 7) is -0.197. The summed E-state index contributed by atoms with van der Waals surface area (Å²) in [4.78, 5) is 0. The lowest BCUT2D eigenvalue weighted by Crippen LogP contribution is -2.19. The molecule has 0 saturated carbocycles. The van der Waals surface area contributed by atoms with Crippen molar-refractivity contribution in [3.05, 3.63) is 52.0 Å². The van der Waals surface area contributed by atoms with Crippen molar-refractivity contribution in [2.45, 2.75) is 26.1 Å². The lowest BCUT2D eigenvalue weighted by Gasteiger charge is -2.18. The first kappa shape index (κ1) is 17.0. The lowest BCUT2D eigenvalue weighted by molar-refractivity contribution is -0.0506. The van der Waals surface area contributed by atoms with Crippen molar-refractivity contribution >= 4 is 15.9 Å². The van der Waals surface area contributed by atoms with E-state index in [9.17, 15) is 8.78 Å². The van der Waals surface area contributed by atoms with Crippen molar-refractivity contribution in [3.63, 3.8) is 0 Å². The van der Waals surface area contributed by atoms with Crippen LogP contribution in [-0.4, -0.2) is 13.4 Å². The molecule has 0 bridgehead atoms. The highest BCUT2D eigenvalue weighted by molar-refractivity contribution is 9.10. The minimum absolute atomic E-state index is 0.163. The Morgan fingerprint density at radius 3 is 2.83 bits per heavy atom. The topological polar surface area (TPSA) is 39.7 Å². The molecule has 0 fully saturated rings. The molecule has 1 unspecified atom stereocenters. The van der Waals surface area contributed by atoms with Gasteiger partial charge in [0.2, 0.25) is 6.79 Å². The lowest BCUT2D eigenvalue weighted by atomic mass is 10.1. The maximum absolute atomic E-state index is 12.5. The van der Waals surface area contributed by atoms with Gasteiger partial charge in [-0.1, -0.05) is 18.2 Å². The van der Waals surface area contributed by atoms with Gasteiger partial charge in [0.1, 0.15) is 5.75 Å². The summed E-state index contributed by atoms with van der Waals surface area (Å²) in [6.07, 6.45) is 0. The molecule has 2 aromatic rings. The zero-order chi connectivity index (χ0) is 17.1. The van der Waals surface area contributed by atoms with Crippen molar-refractivity contribution in [2.75, 3.05) is 6.79 Å². The molecule has 3 rings (SSSR count). The molecule has 24 heavy (non-hydrogen) atoms. The van der Waals surface area contributed by atoms with Crippen LogP contribution in [0, 0.1) is 0 Å². The highest BCUT2D eigenvalue weighted by Gasteiger charge is 2.19. The third-order valence-corrected chi connectivity index (χ3v) is 4.29. The quantitative estimate of drug-likeness (QED) is 0.768. The second-order valence-electron chi connectivity index (χ2n) is 5.33. The zero-order valence-electron chi connectivity index (χ0n) is 12.9. The van der Waals surface area contributed by atoms with Gasteiger partial charge < -0.3 is 19.5 Å². The number of hydrogen-bond donors (Lipinski definition) is 1. The van der Waals surface area contributed by atoms with E-state index in [1.54, 1.807) is 18.2 Å². The third kappa shape index (κ3) is 3.79. The molecule has 0 spiro atoms. The van der Waals surface area contributed by atoms with Gasteiger partial charge in [-0.05, 0) is 46.6 Å². The van der Waals surface area contributed by atoms with Crippen LogP contribution in [0.5, 0.6) is 17.2 Å². The van der Waals surface area contributed by atoms with Crippen molar-refractivity contribution in [1.82, 2.24) is 5.32 Å². The maximum Gasteiger partial charge on any atom is 0.387 e. The third-order valence-electron chi connectivity index (χ3n) is 3.70. The van der Waals surface area contributed by atoms with E-state index in [1.165, 1.54) is 6.07 Å². The molecule has 0 amide bonds. The van der Waals surface area contributed by atoms with Gasteiger partial charge in [-0.15, -0.1) is 0 Å². The predicted molar refractivity (Wildman–Crippen MR) is 88.6 cm³/mol. The number of fused-ring (bicyclic) bond motifs is 1. The molecule has 0 saturated heterocycles. The van der Waals surface area contributed by atoms with Crippen LogP contribution >= 0.6 is 15.9 Å². The highest BCUT2D eigenvalue weighted by Crippen LogP contribution is 2.40. The van der Waals surface area contributed by atoms with Crippen LogP contribution in [0.15, 0.2) is 40.9 Å². The Bertz CT molecular complexity index is 727. The summed E-state index contributed by atoms with van der Waals surface area (Å²) in [5, 5.41) is 3.31. The minimum atomic E-state index is -2.84. The van der Waals surface area contributed by atoms with Crippen LogP contribution in [0.1, 0.15) is 24.1 Å². The number of hydrogen-bond acceptors (Lipinski definition) is 4. The molecule has 1 aliphatic rings. The van der Waals surface area contributed by atoms with Gasteiger partial charge in [0, 0.05) is 18.2 Å². The monoisotopic (exact) mass is 399 g/mol. The number of nitrogens with one attached hydrogen (secondary N) is 1. The van der Waals surface area contributed by atoms with Gasteiger partial charge in [0.15, 0.2) is 11.5 Å². The first-order valence-corrected chi connectivity index (χ1v) is 8.19. The van der Waals surface area contributed by atoms with E-state index in [0.717, 1.165) is 10.0 Å². The first-order chi connectivity index (χ1) is 11.5. The van der Waals surface area contributed by atoms with Crippen LogP contribution in [0.4, 0.5) is 8.78 Å². The van der Waals surface area contributed by atoms with E-state index in [2.05, 4.69) is 26.0 Å². The van der Waals surface area contributed by atoms with E-state index in [-0.39, 0.29) is 18.6 Å². The van der Waals surface area contributed by atoms with Crippen molar-refractivity contribution in [2.24, 2.45) is 0 Å². The largest absolute Gasteiger partial charge is 0.454 e. The first-order valence-electron chi connectivity index (χ1n) is 7.39. The maximum atomic E-state index is 12.5. The molecule has 0 radical (unpaired) electrons. The van der Waals surface area contributed by atoms with Gasteiger partial charge in [-0.2, -0.15) is 8.78 Å². The van der Waals surface area contributed by atoms with E-state index in [0.29, 0.717) is 23.6 Å². The molecule has 1 N–H and O–H groups in total.